The van der Waals surface area contributed by atoms with E-state index in [1.807, 2.05) is 42.6 Å². The van der Waals surface area contributed by atoms with Crippen LogP contribution in [-0.2, 0) is 17.8 Å². The molecule has 0 amide bonds. The number of ether oxygens (including phenoxy) is 1. The molecule has 1 aliphatic rings. The molecular formula is C23H24ClN3O2. The molecule has 6 heteroatoms. The molecule has 0 spiro atoms. The van der Waals surface area contributed by atoms with Gasteiger partial charge in [-0.15, -0.1) is 0 Å². The van der Waals surface area contributed by atoms with Crippen LogP contribution in [0.25, 0.3) is 11.1 Å². The molecule has 3 aromatic rings. The van der Waals surface area contributed by atoms with Crippen LogP contribution in [0.2, 0.25) is 5.02 Å². The fourth-order valence-electron chi connectivity index (χ4n) is 3.71. The number of pyridine rings is 2. The average Bonchev–Trinajstić information content (AvgIpc) is 3.24. The summed E-state index contributed by atoms with van der Waals surface area (Å²) in [5.74, 6) is 0. The van der Waals surface area contributed by atoms with Gasteiger partial charge in [-0.3, -0.25) is 14.7 Å². The van der Waals surface area contributed by atoms with E-state index in [0.717, 1.165) is 54.8 Å². The molecule has 3 heterocycles. The van der Waals surface area contributed by atoms with Crippen molar-refractivity contribution in [2.75, 3.05) is 13.2 Å². The number of halogens is 1. The zero-order valence-corrected chi connectivity index (χ0v) is 16.9. The average molecular weight is 410 g/mol. The van der Waals surface area contributed by atoms with Crippen molar-refractivity contribution in [1.29, 1.82) is 0 Å². The lowest BCUT2D eigenvalue weighted by atomic mass is 10.1. The first-order valence-electron chi connectivity index (χ1n) is 9.88. The maximum absolute atomic E-state index is 12.5. The molecule has 150 valence electrons. The number of H-pyrrole nitrogens is 1. The van der Waals surface area contributed by atoms with E-state index in [9.17, 15) is 4.79 Å². The molecule has 1 aliphatic heterocycles. The van der Waals surface area contributed by atoms with E-state index in [-0.39, 0.29) is 11.7 Å². The van der Waals surface area contributed by atoms with E-state index in [1.54, 1.807) is 12.4 Å². The van der Waals surface area contributed by atoms with Crippen LogP contribution in [0.3, 0.4) is 0 Å². The Balaban J connectivity index is 1.57. The molecule has 5 nitrogen and oxygen atoms in total. The van der Waals surface area contributed by atoms with Crippen molar-refractivity contribution in [3.63, 3.8) is 0 Å². The zero-order chi connectivity index (χ0) is 20.1. The molecule has 1 aromatic carbocycles. The number of rotatable bonds is 7. The third kappa shape index (κ3) is 5.32. The predicted molar refractivity (Wildman–Crippen MR) is 115 cm³/mol. The molecular weight excluding hydrogens is 386 g/mol. The molecule has 1 N–H and O–H groups in total. The summed E-state index contributed by atoms with van der Waals surface area (Å²) in [5, 5.41) is 0.692. The Hall–Kier alpha value is -2.47. The Kier molecular flexibility index (Phi) is 6.39. The Morgan fingerprint density at radius 3 is 2.76 bits per heavy atom. The van der Waals surface area contributed by atoms with Crippen LogP contribution in [-0.4, -0.2) is 34.1 Å². The summed E-state index contributed by atoms with van der Waals surface area (Å²) < 4.78 is 5.84. The molecule has 0 bridgehead atoms. The van der Waals surface area contributed by atoms with Crippen LogP contribution >= 0.6 is 11.6 Å². The number of nitrogens with one attached hydrogen (secondary N) is 1. The minimum atomic E-state index is -0.0637. The first kappa shape index (κ1) is 19.8. The first-order chi connectivity index (χ1) is 14.2. The van der Waals surface area contributed by atoms with Crippen LogP contribution in [0.5, 0.6) is 0 Å². The van der Waals surface area contributed by atoms with Crippen molar-refractivity contribution in [2.24, 2.45) is 0 Å². The SMILES string of the molecule is O=c1[nH]cc(-c2ccc(Cl)cc2)cc1CN(Cc1cccnc1)C[C@@H]1CCCO1. The van der Waals surface area contributed by atoms with Crippen molar-refractivity contribution >= 4 is 11.6 Å². The predicted octanol–water partition coefficient (Wildman–Crippen LogP) is 4.27. The van der Waals surface area contributed by atoms with Gasteiger partial charge in [0.05, 0.1) is 6.10 Å². The van der Waals surface area contributed by atoms with Crippen LogP contribution in [0, 0.1) is 0 Å². The Labute approximate surface area is 175 Å². The van der Waals surface area contributed by atoms with Crippen LogP contribution in [0.4, 0.5) is 0 Å². The number of aromatic nitrogens is 2. The van der Waals surface area contributed by atoms with Gasteiger partial charge in [-0.2, -0.15) is 0 Å². The van der Waals surface area contributed by atoms with Gasteiger partial charge < -0.3 is 9.72 Å². The van der Waals surface area contributed by atoms with Gasteiger partial charge in [-0.1, -0.05) is 29.8 Å². The van der Waals surface area contributed by atoms with E-state index in [1.165, 1.54) is 0 Å². The van der Waals surface area contributed by atoms with Crippen LogP contribution in [0.15, 0.2) is 65.8 Å². The summed E-state index contributed by atoms with van der Waals surface area (Å²) in [4.78, 5) is 21.9. The van der Waals surface area contributed by atoms with Crippen LogP contribution < -0.4 is 5.56 Å². The molecule has 2 aromatic heterocycles. The topological polar surface area (TPSA) is 58.2 Å². The molecule has 29 heavy (non-hydrogen) atoms. The number of hydrogen-bond acceptors (Lipinski definition) is 4. The largest absolute Gasteiger partial charge is 0.377 e. The first-order valence-corrected chi connectivity index (χ1v) is 10.3. The van der Waals surface area contributed by atoms with Gasteiger partial charge in [0, 0.05) is 55.4 Å². The van der Waals surface area contributed by atoms with E-state index in [0.29, 0.717) is 11.6 Å². The van der Waals surface area contributed by atoms with Crippen molar-refractivity contribution < 1.29 is 4.74 Å². The molecule has 4 rings (SSSR count). The standard InChI is InChI=1S/C23H24ClN3O2/c24-21-7-5-18(6-8-21)19-11-20(23(28)26-13-19)15-27(16-22-4-2-10-29-22)14-17-3-1-9-25-12-17/h1,3,5-9,11-13,22H,2,4,10,14-16H2,(H,26,28)/t22-/m0/s1. The molecule has 0 radical (unpaired) electrons. The number of aromatic amines is 1. The van der Waals surface area contributed by atoms with Crippen LogP contribution in [0.1, 0.15) is 24.0 Å². The summed E-state index contributed by atoms with van der Waals surface area (Å²) >= 11 is 6.00. The van der Waals surface area contributed by atoms with Crippen molar-refractivity contribution in [1.82, 2.24) is 14.9 Å². The molecule has 0 aliphatic carbocycles. The molecule has 1 saturated heterocycles. The van der Waals surface area contributed by atoms with Gasteiger partial charge in [-0.05, 0) is 53.8 Å². The monoisotopic (exact) mass is 409 g/mol. The normalized spacial score (nSPS) is 16.4. The molecule has 0 saturated carbocycles. The molecule has 1 atom stereocenters. The third-order valence-electron chi connectivity index (χ3n) is 5.17. The second-order valence-electron chi connectivity index (χ2n) is 7.42. The zero-order valence-electron chi connectivity index (χ0n) is 16.2. The van der Waals surface area contributed by atoms with Crippen molar-refractivity contribution in [2.45, 2.75) is 32.0 Å². The quantitative estimate of drug-likeness (QED) is 0.633. The van der Waals surface area contributed by atoms with E-state index < -0.39 is 0 Å². The van der Waals surface area contributed by atoms with Gasteiger partial charge in [-0.25, -0.2) is 0 Å². The Bertz CT molecular complexity index is 983. The number of nitrogens with zero attached hydrogens (tertiary/aromatic N) is 2. The van der Waals surface area contributed by atoms with Gasteiger partial charge in [0.15, 0.2) is 0 Å². The second-order valence-corrected chi connectivity index (χ2v) is 7.85. The third-order valence-corrected chi connectivity index (χ3v) is 5.42. The summed E-state index contributed by atoms with van der Waals surface area (Å²) in [7, 11) is 0. The van der Waals surface area contributed by atoms with E-state index in [2.05, 4.69) is 20.9 Å². The smallest absolute Gasteiger partial charge is 0.252 e. The van der Waals surface area contributed by atoms with Crippen molar-refractivity contribution in [3.8, 4) is 11.1 Å². The number of hydrogen-bond donors (Lipinski definition) is 1. The van der Waals surface area contributed by atoms with Crippen molar-refractivity contribution in [3.05, 3.63) is 87.6 Å². The summed E-state index contributed by atoms with van der Waals surface area (Å²) in [5.41, 5.74) is 3.78. The van der Waals surface area contributed by atoms with Gasteiger partial charge in [0.2, 0.25) is 0 Å². The van der Waals surface area contributed by atoms with E-state index in [4.69, 9.17) is 16.3 Å². The number of benzene rings is 1. The minimum absolute atomic E-state index is 0.0637. The lowest BCUT2D eigenvalue weighted by molar-refractivity contribution is 0.0677. The Morgan fingerprint density at radius 2 is 2.03 bits per heavy atom. The lowest BCUT2D eigenvalue weighted by Gasteiger charge is -2.25. The lowest BCUT2D eigenvalue weighted by Crippen LogP contribution is -2.33. The van der Waals surface area contributed by atoms with Gasteiger partial charge in [0.25, 0.3) is 5.56 Å². The summed E-state index contributed by atoms with van der Waals surface area (Å²) in [6.07, 6.45) is 7.76. The second kappa shape index (κ2) is 9.35. The highest BCUT2D eigenvalue weighted by Gasteiger charge is 2.20. The fraction of sp³-hybridized carbons (Fsp3) is 0.304. The highest BCUT2D eigenvalue weighted by Crippen LogP contribution is 2.22. The summed E-state index contributed by atoms with van der Waals surface area (Å²) in [6.45, 7) is 2.88. The summed E-state index contributed by atoms with van der Waals surface area (Å²) in [6, 6.07) is 13.6. The molecule has 1 fully saturated rings. The maximum atomic E-state index is 12.5. The molecule has 0 unspecified atom stereocenters. The van der Waals surface area contributed by atoms with E-state index >= 15 is 0 Å². The minimum Gasteiger partial charge on any atom is -0.377 e. The fourth-order valence-corrected chi connectivity index (χ4v) is 3.84. The Morgan fingerprint density at radius 1 is 1.17 bits per heavy atom. The maximum Gasteiger partial charge on any atom is 0.252 e. The highest BCUT2D eigenvalue weighted by atomic mass is 35.5. The van der Waals surface area contributed by atoms with Gasteiger partial charge >= 0.3 is 0 Å². The highest BCUT2D eigenvalue weighted by molar-refractivity contribution is 6.30. The van der Waals surface area contributed by atoms with Gasteiger partial charge in [0.1, 0.15) is 0 Å².